The lowest BCUT2D eigenvalue weighted by Gasteiger charge is -2.28. The predicted octanol–water partition coefficient (Wildman–Crippen LogP) is 1.38. The second kappa shape index (κ2) is 6.04. The molecule has 5 nitrogen and oxygen atoms in total. The molecule has 0 unspecified atom stereocenters. The topological polar surface area (TPSA) is 83.6 Å². The van der Waals surface area contributed by atoms with Gasteiger partial charge in [-0.05, 0) is 37.0 Å². The summed E-state index contributed by atoms with van der Waals surface area (Å²) in [5.74, 6) is 0. The molecule has 1 saturated carbocycles. The van der Waals surface area contributed by atoms with Gasteiger partial charge in [-0.15, -0.1) is 0 Å². The highest BCUT2D eigenvalue weighted by Crippen LogP contribution is 2.31. The molecule has 0 radical (unpaired) electrons. The first kappa shape index (κ1) is 16.4. The Bertz CT molecular complexity index is 607. The number of hydrogen-bond donors (Lipinski definition) is 2. The maximum Gasteiger partial charge on any atom is 0.243 e. The molecule has 118 valence electrons. The molecule has 0 saturated heterocycles. The molecule has 1 fully saturated rings. The summed E-state index contributed by atoms with van der Waals surface area (Å²) in [5, 5.41) is 10.4. The quantitative estimate of drug-likeness (QED) is 0.860. The van der Waals surface area contributed by atoms with Gasteiger partial charge in [0.05, 0.1) is 10.5 Å². The highest BCUT2D eigenvalue weighted by molar-refractivity contribution is 7.89. The van der Waals surface area contributed by atoms with Gasteiger partial charge in [-0.25, -0.2) is 8.42 Å². The second-order valence-electron chi connectivity index (χ2n) is 6.00. The van der Waals surface area contributed by atoms with E-state index in [4.69, 9.17) is 5.73 Å². The Kier molecular flexibility index (Phi) is 4.72. The van der Waals surface area contributed by atoms with E-state index >= 15 is 0 Å². The molecule has 21 heavy (non-hydrogen) atoms. The number of benzene rings is 1. The molecule has 0 aliphatic heterocycles. The van der Waals surface area contributed by atoms with Crippen LogP contribution in [0, 0.1) is 6.92 Å². The van der Waals surface area contributed by atoms with Gasteiger partial charge in [-0.1, -0.05) is 25.0 Å². The van der Waals surface area contributed by atoms with Crippen molar-refractivity contribution in [2.75, 3.05) is 13.6 Å². The maximum atomic E-state index is 12.7. The Labute approximate surface area is 126 Å². The van der Waals surface area contributed by atoms with Crippen LogP contribution >= 0.6 is 0 Å². The summed E-state index contributed by atoms with van der Waals surface area (Å²) >= 11 is 0. The van der Waals surface area contributed by atoms with Crippen LogP contribution in [-0.2, 0) is 16.6 Å². The van der Waals surface area contributed by atoms with Crippen LogP contribution in [0.15, 0.2) is 23.1 Å². The van der Waals surface area contributed by atoms with Crippen LogP contribution < -0.4 is 5.73 Å². The van der Waals surface area contributed by atoms with Gasteiger partial charge in [-0.2, -0.15) is 4.31 Å². The zero-order valence-electron chi connectivity index (χ0n) is 12.7. The molecule has 1 aromatic carbocycles. The summed E-state index contributed by atoms with van der Waals surface area (Å²) in [7, 11) is -2.06. The van der Waals surface area contributed by atoms with Gasteiger partial charge in [0, 0.05) is 20.1 Å². The maximum absolute atomic E-state index is 12.7. The summed E-state index contributed by atoms with van der Waals surface area (Å²) in [5.41, 5.74) is 6.28. The third-order valence-corrected chi connectivity index (χ3v) is 6.18. The summed E-state index contributed by atoms with van der Waals surface area (Å²) < 4.78 is 26.6. The highest BCUT2D eigenvalue weighted by atomic mass is 32.2. The van der Waals surface area contributed by atoms with E-state index in [9.17, 15) is 13.5 Å². The number of sulfonamides is 1. The van der Waals surface area contributed by atoms with Crippen molar-refractivity contribution < 1.29 is 13.5 Å². The lowest BCUT2D eigenvalue weighted by Crippen LogP contribution is -2.42. The van der Waals surface area contributed by atoms with Crippen molar-refractivity contribution in [3.8, 4) is 0 Å². The molecule has 6 heteroatoms. The molecule has 2 rings (SSSR count). The fourth-order valence-electron chi connectivity index (χ4n) is 2.99. The summed E-state index contributed by atoms with van der Waals surface area (Å²) in [6.07, 6.45) is 3.24. The Morgan fingerprint density at radius 3 is 2.48 bits per heavy atom. The fourth-order valence-corrected chi connectivity index (χ4v) is 4.44. The fraction of sp³-hybridized carbons (Fsp3) is 0.600. The first-order valence-corrected chi connectivity index (χ1v) is 8.71. The van der Waals surface area contributed by atoms with E-state index in [0.717, 1.165) is 18.4 Å². The standard InChI is InChI=1S/C15H24N2O3S/c1-12-9-13(10-16)5-6-14(12)21(19,20)17(2)11-15(18)7-3-4-8-15/h5-6,9,18H,3-4,7-8,10-11,16H2,1-2H3. The second-order valence-corrected chi connectivity index (χ2v) is 8.01. The number of likely N-dealkylation sites (N-methyl/N-ethyl adjacent to an activating group) is 1. The first-order chi connectivity index (χ1) is 9.78. The molecule has 0 amide bonds. The average molecular weight is 312 g/mol. The summed E-state index contributed by atoms with van der Waals surface area (Å²) in [6.45, 7) is 2.30. The normalized spacial score (nSPS) is 18.3. The predicted molar refractivity (Wildman–Crippen MR) is 82.3 cm³/mol. The largest absolute Gasteiger partial charge is 0.389 e. The van der Waals surface area contributed by atoms with Crippen LogP contribution in [-0.4, -0.2) is 37.0 Å². The first-order valence-electron chi connectivity index (χ1n) is 7.27. The Morgan fingerprint density at radius 1 is 1.33 bits per heavy atom. The average Bonchev–Trinajstić information content (AvgIpc) is 2.84. The van der Waals surface area contributed by atoms with Crippen LogP contribution in [0.3, 0.4) is 0 Å². The third-order valence-electron chi connectivity index (χ3n) is 4.21. The van der Waals surface area contributed by atoms with E-state index in [1.54, 1.807) is 25.1 Å². The van der Waals surface area contributed by atoms with Gasteiger partial charge in [0.25, 0.3) is 0 Å². The van der Waals surface area contributed by atoms with E-state index in [2.05, 4.69) is 0 Å². The molecule has 1 aliphatic rings. The van der Waals surface area contributed by atoms with Gasteiger partial charge in [0.2, 0.25) is 10.0 Å². The molecule has 3 N–H and O–H groups in total. The van der Waals surface area contributed by atoms with E-state index in [0.29, 0.717) is 24.9 Å². The van der Waals surface area contributed by atoms with Gasteiger partial charge < -0.3 is 10.8 Å². The van der Waals surface area contributed by atoms with E-state index in [1.165, 1.54) is 11.4 Å². The zero-order valence-corrected chi connectivity index (χ0v) is 13.5. The van der Waals surface area contributed by atoms with Crippen molar-refractivity contribution in [2.24, 2.45) is 5.73 Å². The van der Waals surface area contributed by atoms with Crippen LogP contribution in [0.25, 0.3) is 0 Å². The minimum Gasteiger partial charge on any atom is -0.389 e. The molecular weight excluding hydrogens is 288 g/mol. The molecule has 0 spiro atoms. The number of rotatable bonds is 5. The molecule has 0 bridgehead atoms. The van der Waals surface area contributed by atoms with E-state index < -0.39 is 15.6 Å². The van der Waals surface area contributed by atoms with Gasteiger partial charge in [0.15, 0.2) is 0 Å². The Hall–Kier alpha value is -0.950. The zero-order chi connectivity index (χ0) is 15.7. The van der Waals surface area contributed by atoms with E-state index in [1.807, 2.05) is 0 Å². The van der Waals surface area contributed by atoms with E-state index in [-0.39, 0.29) is 11.4 Å². The number of aliphatic hydroxyl groups is 1. The summed E-state index contributed by atoms with van der Waals surface area (Å²) in [6, 6.07) is 5.13. The molecule has 1 aliphatic carbocycles. The number of nitrogens with two attached hydrogens (primary N) is 1. The Balaban J connectivity index is 2.24. The lowest BCUT2D eigenvalue weighted by atomic mass is 10.0. The minimum absolute atomic E-state index is 0.146. The monoisotopic (exact) mass is 312 g/mol. The van der Waals surface area contributed by atoms with Crippen LogP contribution in [0.1, 0.15) is 36.8 Å². The number of hydrogen-bond acceptors (Lipinski definition) is 4. The van der Waals surface area contributed by atoms with Crippen molar-refractivity contribution in [3.63, 3.8) is 0 Å². The third kappa shape index (κ3) is 3.45. The molecular formula is C15H24N2O3S. The van der Waals surface area contributed by atoms with Gasteiger partial charge >= 0.3 is 0 Å². The molecule has 0 atom stereocenters. The van der Waals surface area contributed by atoms with Crippen molar-refractivity contribution in [1.29, 1.82) is 0 Å². The van der Waals surface area contributed by atoms with Gasteiger partial charge in [0.1, 0.15) is 0 Å². The minimum atomic E-state index is -3.59. The van der Waals surface area contributed by atoms with Crippen molar-refractivity contribution in [2.45, 2.75) is 49.6 Å². The number of nitrogens with zero attached hydrogens (tertiary/aromatic N) is 1. The van der Waals surface area contributed by atoms with Crippen LogP contribution in [0.2, 0.25) is 0 Å². The molecule has 0 aromatic heterocycles. The van der Waals surface area contributed by atoms with Crippen molar-refractivity contribution in [3.05, 3.63) is 29.3 Å². The smallest absolute Gasteiger partial charge is 0.243 e. The van der Waals surface area contributed by atoms with Crippen LogP contribution in [0.4, 0.5) is 0 Å². The molecule has 0 heterocycles. The number of aryl methyl sites for hydroxylation is 1. The summed E-state index contributed by atoms with van der Waals surface area (Å²) in [4.78, 5) is 0.281. The highest BCUT2D eigenvalue weighted by Gasteiger charge is 2.36. The van der Waals surface area contributed by atoms with Crippen molar-refractivity contribution in [1.82, 2.24) is 4.31 Å². The Morgan fingerprint density at radius 2 is 1.95 bits per heavy atom. The SMILES string of the molecule is Cc1cc(CN)ccc1S(=O)(=O)N(C)CC1(O)CCCC1. The van der Waals surface area contributed by atoms with Crippen LogP contribution in [0.5, 0.6) is 0 Å². The van der Waals surface area contributed by atoms with Gasteiger partial charge in [-0.3, -0.25) is 0 Å². The lowest BCUT2D eigenvalue weighted by molar-refractivity contribution is 0.0333. The van der Waals surface area contributed by atoms with Crippen molar-refractivity contribution >= 4 is 10.0 Å². The molecule has 1 aromatic rings.